The summed E-state index contributed by atoms with van der Waals surface area (Å²) in [6.45, 7) is 2.28. The Hall–Kier alpha value is -2.09. The molecule has 5 nitrogen and oxygen atoms in total. The third kappa shape index (κ3) is 3.64. The highest BCUT2D eigenvalue weighted by molar-refractivity contribution is 6.30. The molecular formula is C14H13ClF3N5. The molecule has 0 bridgehead atoms. The van der Waals surface area contributed by atoms with Crippen molar-refractivity contribution in [2.45, 2.75) is 6.18 Å². The van der Waals surface area contributed by atoms with Gasteiger partial charge in [-0.2, -0.15) is 13.2 Å². The van der Waals surface area contributed by atoms with Gasteiger partial charge in [-0.15, -0.1) is 0 Å². The van der Waals surface area contributed by atoms with Crippen LogP contribution < -0.4 is 9.80 Å². The fourth-order valence-corrected chi connectivity index (χ4v) is 2.46. The summed E-state index contributed by atoms with van der Waals surface area (Å²) in [7, 11) is 0. The van der Waals surface area contributed by atoms with Crippen LogP contribution in [0.3, 0.4) is 0 Å². The fourth-order valence-electron chi connectivity index (χ4n) is 2.35. The van der Waals surface area contributed by atoms with Crippen LogP contribution in [0.5, 0.6) is 0 Å². The van der Waals surface area contributed by atoms with Crippen molar-refractivity contribution in [3.8, 4) is 0 Å². The summed E-state index contributed by atoms with van der Waals surface area (Å²) in [6.07, 6.45) is -1.76. The third-order valence-corrected chi connectivity index (χ3v) is 3.76. The molecule has 2 aromatic heterocycles. The summed E-state index contributed by atoms with van der Waals surface area (Å²) in [5.41, 5.74) is -0.927. The van der Waals surface area contributed by atoms with E-state index in [4.69, 9.17) is 11.6 Å². The maximum absolute atomic E-state index is 12.7. The van der Waals surface area contributed by atoms with Crippen LogP contribution in [0, 0.1) is 0 Å². The highest BCUT2D eigenvalue weighted by Crippen LogP contribution is 2.28. The van der Waals surface area contributed by atoms with Crippen molar-refractivity contribution in [1.29, 1.82) is 0 Å². The molecule has 0 radical (unpaired) electrons. The van der Waals surface area contributed by atoms with Crippen LogP contribution in [0.2, 0.25) is 5.02 Å². The number of halogens is 4. The molecule has 0 saturated carbocycles. The van der Waals surface area contributed by atoms with Crippen molar-refractivity contribution in [3.05, 3.63) is 41.3 Å². The number of piperazine rings is 1. The van der Waals surface area contributed by atoms with Crippen molar-refractivity contribution < 1.29 is 13.2 Å². The monoisotopic (exact) mass is 343 g/mol. The van der Waals surface area contributed by atoms with E-state index in [1.54, 1.807) is 17.2 Å². The summed E-state index contributed by atoms with van der Waals surface area (Å²) >= 11 is 5.81. The molecule has 1 aliphatic heterocycles. The Morgan fingerprint density at radius 1 is 0.957 bits per heavy atom. The molecule has 122 valence electrons. The standard InChI is InChI=1S/C14H13ClF3N5/c15-10-1-2-12(20-9-10)22-5-7-23(8-6-22)13-19-4-3-11(21-13)14(16,17)18/h1-4,9H,5-8H2. The number of pyridine rings is 1. The normalized spacial score (nSPS) is 15.8. The van der Waals surface area contributed by atoms with Gasteiger partial charge in [-0.3, -0.25) is 0 Å². The summed E-state index contributed by atoms with van der Waals surface area (Å²) in [6, 6.07) is 4.45. The fraction of sp³-hybridized carbons (Fsp3) is 0.357. The molecule has 0 aromatic carbocycles. The van der Waals surface area contributed by atoms with Gasteiger partial charge in [-0.05, 0) is 18.2 Å². The van der Waals surface area contributed by atoms with Crippen LogP contribution in [0.1, 0.15) is 5.69 Å². The Labute approximate surface area is 135 Å². The Morgan fingerprint density at radius 2 is 1.65 bits per heavy atom. The minimum atomic E-state index is -4.47. The molecule has 1 fully saturated rings. The highest BCUT2D eigenvalue weighted by Gasteiger charge is 2.33. The predicted octanol–water partition coefficient (Wildman–Crippen LogP) is 2.87. The van der Waals surface area contributed by atoms with Gasteiger partial charge in [0.05, 0.1) is 5.02 Å². The molecular weight excluding hydrogens is 331 g/mol. The van der Waals surface area contributed by atoms with E-state index in [1.165, 1.54) is 0 Å². The number of nitrogens with zero attached hydrogens (tertiary/aromatic N) is 5. The first-order valence-electron chi connectivity index (χ1n) is 6.95. The topological polar surface area (TPSA) is 45.2 Å². The average molecular weight is 344 g/mol. The molecule has 0 amide bonds. The van der Waals surface area contributed by atoms with E-state index in [-0.39, 0.29) is 5.95 Å². The molecule has 0 spiro atoms. The zero-order valence-electron chi connectivity index (χ0n) is 12.0. The largest absolute Gasteiger partial charge is 0.433 e. The SMILES string of the molecule is FC(F)(F)c1ccnc(N2CCN(c3ccc(Cl)cn3)CC2)n1. The lowest BCUT2D eigenvalue weighted by Gasteiger charge is -2.35. The first-order valence-corrected chi connectivity index (χ1v) is 7.33. The van der Waals surface area contributed by atoms with Crippen molar-refractivity contribution >= 4 is 23.4 Å². The Kier molecular flexibility index (Phi) is 4.25. The second-order valence-corrected chi connectivity index (χ2v) is 5.48. The van der Waals surface area contributed by atoms with Gasteiger partial charge < -0.3 is 9.80 Å². The molecule has 3 heterocycles. The quantitative estimate of drug-likeness (QED) is 0.839. The van der Waals surface area contributed by atoms with Crippen molar-refractivity contribution in [1.82, 2.24) is 15.0 Å². The first kappa shape index (κ1) is 15.8. The van der Waals surface area contributed by atoms with Gasteiger partial charge in [-0.1, -0.05) is 11.6 Å². The predicted molar refractivity (Wildman–Crippen MR) is 80.7 cm³/mol. The third-order valence-electron chi connectivity index (χ3n) is 3.53. The minimum Gasteiger partial charge on any atom is -0.353 e. The molecule has 0 unspecified atom stereocenters. The number of aromatic nitrogens is 3. The minimum absolute atomic E-state index is 0.101. The number of alkyl halides is 3. The van der Waals surface area contributed by atoms with Gasteiger partial charge in [0, 0.05) is 38.6 Å². The van der Waals surface area contributed by atoms with Crippen LogP contribution in [0.15, 0.2) is 30.6 Å². The maximum Gasteiger partial charge on any atom is 0.433 e. The van der Waals surface area contributed by atoms with Crippen LogP contribution in [0.25, 0.3) is 0 Å². The average Bonchev–Trinajstić information content (AvgIpc) is 2.55. The first-order chi connectivity index (χ1) is 10.9. The van der Waals surface area contributed by atoms with E-state index in [1.807, 2.05) is 11.0 Å². The molecule has 0 atom stereocenters. The van der Waals surface area contributed by atoms with Crippen LogP contribution in [0.4, 0.5) is 24.9 Å². The molecule has 1 aliphatic rings. The second-order valence-electron chi connectivity index (χ2n) is 5.05. The molecule has 0 aliphatic carbocycles. The van der Waals surface area contributed by atoms with Gasteiger partial charge in [0.25, 0.3) is 0 Å². The zero-order valence-corrected chi connectivity index (χ0v) is 12.7. The molecule has 2 aromatic rings. The van der Waals surface area contributed by atoms with E-state index >= 15 is 0 Å². The van der Waals surface area contributed by atoms with E-state index in [0.29, 0.717) is 31.2 Å². The number of hydrogen-bond acceptors (Lipinski definition) is 5. The van der Waals surface area contributed by atoms with Gasteiger partial charge >= 0.3 is 6.18 Å². The van der Waals surface area contributed by atoms with Crippen molar-refractivity contribution in [2.24, 2.45) is 0 Å². The molecule has 3 rings (SSSR count). The van der Waals surface area contributed by atoms with E-state index in [9.17, 15) is 13.2 Å². The summed E-state index contributed by atoms with van der Waals surface area (Å²) in [4.78, 5) is 15.6. The molecule has 23 heavy (non-hydrogen) atoms. The molecule has 0 N–H and O–H groups in total. The highest BCUT2D eigenvalue weighted by atomic mass is 35.5. The summed E-state index contributed by atoms with van der Waals surface area (Å²) in [5.74, 6) is 0.891. The van der Waals surface area contributed by atoms with Crippen LogP contribution in [-0.4, -0.2) is 41.1 Å². The van der Waals surface area contributed by atoms with E-state index in [0.717, 1.165) is 18.1 Å². The zero-order chi connectivity index (χ0) is 16.4. The summed E-state index contributed by atoms with van der Waals surface area (Å²) < 4.78 is 38.1. The van der Waals surface area contributed by atoms with Crippen molar-refractivity contribution in [2.75, 3.05) is 36.0 Å². The van der Waals surface area contributed by atoms with E-state index < -0.39 is 11.9 Å². The van der Waals surface area contributed by atoms with Gasteiger partial charge in [-0.25, -0.2) is 15.0 Å². The Balaban J connectivity index is 1.68. The van der Waals surface area contributed by atoms with Gasteiger partial charge in [0.15, 0.2) is 0 Å². The summed E-state index contributed by atoms with van der Waals surface area (Å²) in [5, 5.41) is 0.560. The number of hydrogen-bond donors (Lipinski definition) is 0. The lowest BCUT2D eigenvalue weighted by Crippen LogP contribution is -2.47. The lowest BCUT2D eigenvalue weighted by molar-refractivity contribution is -0.141. The number of anilines is 2. The van der Waals surface area contributed by atoms with Crippen LogP contribution >= 0.6 is 11.6 Å². The Morgan fingerprint density at radius 3 is 2.26 bits per heavy atom. The number of rotatable bonds is 2. The Bertz CT molecular complexity index is 669. The smallest absolute Gasteiger partial charge is 0.353 e. The van der Waals surface area contributed by atoms with Crippen LogP contribution in [-0.2, 0) is 6.18 Å². The molecule has 9 heteroatoms. The van der Waals surface area contributed by atoms with E-state index in [2.05, 4.69) is 15.0 Å². The van der Waals surface area contributed by atoms with Gasteiger partial charge in [0.2, 0.25) is 5.95 Å². The molecule has 1 saturated heterocycles. The van der Waals surface area contributed by atoms with Crippen molar-refractivity contribution in [3.63, 3.8) is 0 Å². The second kappa shape index (κ2) is 6.19. The maximum atomic E-state index is 12.7. The lowest BCUT2D eigenvalue weighted by atomic mass is 10.3. The van der Waals surface area contributed by atoms with Gasteiger partial charge in [0.1, 0.15) is 11.5 Å².